The second-order valence-corrected chi connectivity index (χ2v) is 7.06. The Balaban J connectivity index is 1.49. The summed E-state index contributed by atoms with van der Waals surface area (Å²) in [6.45, 7) is 5.11. The lowest BCUT2D eigenvalue weighted by Crippen LogP contribution is -2.46. The number of halogens is 1. The molecule has 6 heteroatoms. The molecule has 0 spiro atoms. The van der Waals surface area contributed by atoms with Gasteiger partial charge in [0.1, 0.15) is 0 Å². The first kappa shape index (κ1) is 20.0. The average molecular weight is 391 g/mol. The molecule has 2 aromatic carbocycles. The molecule has 5 nitrogen and oxygen atoms in total. The first-order chi connectivity index (χ1) is 13.2. The molecule has 1 N–H and O–H groups in total. The van der Waals surface area contributed by atoms with Crippen LogP contribution in [-0.4, -0.2) is 51.5 Å². The molecular formula is C21H27ClN2O3. The van der Waals surface area contributed by atoms with Crippen LogP contribution >= 0.6 is 11.6 Å². The number of benzene rings is 2. The van der Waals surface area contributed by atoms with Gasteiger partial charge in [0.2, 0.25) is 0 Å². The van der Waals surface area contributed by atoms with Crippen LogP contribution in [0.25, 0.3) is 0 Å². The summed E-state index contributed by atoms with van der Waals surface area (Å²) in [4.78, 5) is 2.44. The van der Waals surface area contributed by atoms with Gasteiger partial charge in [0.05, 0.1) is 32.0 Å². The number of hydrogen-bond acceptors (Lipinski definition) is 5. The standard InChI is InChI=1S/C21H27ClN2O3/c1-25-20-11-17(10-19(22)21(20)26-2)12-23-13-18-15-24(8-9-27-18)14-16-6-4-3-5-7-16/h3-7,10-11,18,23H,8-9,12-15H2,1-2H3/t18-/m0/s1. The van der Waals surface area contributed by atoms with E-state index in [-0.39, 0.29) is 6.10 Å². The molecule has 0 aromatic heterocycles. The van der Waals surface area contributed by atoms with Gasteiger partial charge in [0.15, 0.2) is 11.5 Å². The maximum absolute atomic E-state index is 6.27. The first-order valence-electron chi connectivity index (χ1n) is 9.18. The van der Waals surface area contributed by atoms with Gasteiger partial charge in [-0.2, -0.15) is 0 Å². The first-order valence-corrected chi connectivity index (χ1v) is 9.56. The molecule has 3 rings (SSSR count). The number of morpholine rings is 1. The van der Waals surface area contributed by atoms with Gasteiger partial charge in [-0.1, -0.05) is 41.9 Å². The molecule has 146 valence electrons. The highest BCUT2D eigenvalue weighted by molar-refractivity contribution is 6.32. The van der Waals surface area contributed by atoms with Crippen LogP contribution in [0, 0.1) is 0 Å². The van der Waals surface area contributed by atoms with Crippen molar-refractivity contribution >= 4 is 11.6 Å². The van der Waals surface area contributed by atoms with Gasteiger partial charge in [-0.15, -0.1) is 0 Å². The number of rotatable bonds is 8. The molecular weight excluding hydrogens is 364 g/mol. The zero-order chi connectivity index (χ0) is 19.1. The molecule has 0 aliphatic carbocycles. The fraction of sp³-hybridized carbons (Fsp3) is 0.429. The van der Waals surface area contributed by atoms with Crippen LogP contribution in [0.1, 0.15) is 11.1 Å². The molecule has 0 amide bonds. The van der Waals surface area contributed by atoms with Gasteiger partial charge in [-0.25, -0.2) is 0 Å². The van der Waals surface area contributed by atoms with Crippen molar-refractivity contribution in [2.24, 2.45) is 0 Å². The highest BCUT2D eigenvalue weighted by Gasteiger charge is 2.20. The van der Waals surface area contributed by atoms with E-state index in [9.17, 15) is 0 Å². The van der Waals surface area contributed by atoms with E-state index >= 15 is 0 Å². The van der Waals surface area contributed by atoms with Crippen molar-refractivity contribution in [2.75, 3.05) is 40.5 Å². The lowest BCUT2D eigenvalue weighted by molar-refractivity contribution is -0.0300. The number of nitrogens with zero attached hydrogens (tertiary/aromatic N) is 1. The number of ether oxygens (including phenoxy) is 3. The van der Waals surface area contributed by atoms with Crippen molar-refractivity contribution in [3.05, 3.63) is 58.6 Å². The quantitative estimate of drug-likeness (QED) is 0.748. The third-order valence-electron chi connectivity index (χ3n) is 4.67. The molecule has 1 heterocycles. The van der Waals surface area contributed by atoms with Crippen molar-refractivity contribution in [1.29, 1.82) is 0 Å². The van der Waals surface area contributed by atoms with Crippen LogP contribution in [0.3, 0.4) is 0 Å². The molecule has 2 aromatic rings. The van der Waals surface area contributed by atoms with Crippen molar-refractivity contribution < 1.29 is 14.2 Å². The molecule has 0 radical (unpaired) electrons. The smallest absolute Gasteiger partial charge is 0.179 e. The summed E-state index contributed by atoms with van der Waals surface area (Å²) < 4.78 is 16.5. The molecule has 0 bridgehead atoms. The molecule has 27 heavy (non-hydrogen) atoms. The molecule has 1 aliphatic heterocycles. The van der Waals surface area contributed by atoms with Gasteiger partial charge in [-0.05, 0) is 23.3 Å². The van der Waals surface area contributed by atoms with Crippen LogP contribution in [-0.2, 0) is 17.8 Å². The monoisotopic (exact) mass is 390 g/mol. The molecule has 0 unspecified atom stereocenters. The predicted octanol–water partition coefficient (Wildman–Crippen LogP) is 3.35. The third-order valence-corrected chi connectivity index (χ3v) is 4.95. The predicted molar refractivity (Wildman–Crippen MR) is 108 cm³/mol. The van der Waals surface area contributed by atoms with Crippen LogP contribution in [0.15, 0.2) is 42.5 Å². The average Bonchev–Trinajstić information content (AvgIpc) is 2.68. The Hall–Kier alpha value is -1.79. The van der Waals surface area contributed by atoms with Gasteiger partial charge in [-0.3, -0.25) is 4.90 Å². The van der Waals surface area contributed by atoms with E-state index in [0.717, 1.165) is 38.3 Å². The fourth-order valence-electron chi connectivity index (χ4n) is 3.34. The summed E-state index contributed by atoms with van der Waals surface area (Å²) in [6, 6.07) is 14.4. The number of methoxy groups -OCH3 is 2. The van der Waals surface area contributed by atoms with Crippen LogP contribution < -0.4 is 14.8 Å². The number of nitrogens with one attached hydrogen (secondary N) is 1. The van der Waals surface area contributed by atoms with Gasteiger partial charge in [0, 0.05) is 32.7 Å². The summed E-state index contributed by atoms with van der Waals surface area (Å²) >= 11 is 6.27. The summed E-state index contributed by atoms with van der Waals surface area (Å²) in [5.41, 5.74) is 2.39. The van der Waals surface area contributed by atoms with E-state index < -0.39 is 0 Å². The minimum atomic E-state index is 0.179. The molecule has 1 atom stereocenters. The van der Waals surface area contributed by atoms with Gasteiger partial charge < -0.3 is 19.5 Å². The molecule has 1 fully saturated rings. The zero-order valence-corrected chi connectivity index (χ0v) is 16.7. The van der Waals surface area contributed by atoms with Gasteiger partial charge in [0.25, 0.3) is 0 Å². The maximum Gasteiger partial charge on any atom is 0.179 e. The van der Waals surface area contributed by atoms with E-state index in [4.69, 9.17) is 25.8 Å². The number of hydrogen-bond donors (Lipinski definition) is 1. The summed E-state index contributed by atoms with van der Waals surface area (Å²) in [7, 11) is 3.20. The lowest BCUT2D eigenvalue weighted by atomic mass is 10.1. The van der Waals surface area contributed by atoms with E-state index in [1.165, 1.54) is 5.56 Å². The van der Waals surface area contributed by atoms with Crippen molar-refractivity contribution in [2.45, 2.75) is 19.2 Å². The van der Waals surface area contributed by atoms with Crippen molar-refractivity contribution in [3.63, 3.8) is 0 Å². The minimum absolute atomic E-state index is 0.179. The Morgan fingerprint density at radius 2 is 1.96 bits per heavy atom. The maximum atomic E-state index is 6.27. The largest absolute Gasteiger partial charge is 0.493 e. The van der Waals surface area contributed by atoms with E-state index in [1.54, 1.807) is 14.2 Å². The summed E-state index contributed by atoms with van der Waals surface area (Å²) in [6.07, 6.45) is 0.179. The Labute approximate surface area is 166 Å². The molecule has 0 saturated carbocycles. The highest BCUT2D eigenvalue weighted by Crippen LogP contribution is 2.35. The van der Waals surface area contributed by atoms with Crippen LogP contribution in [0.2, 0.25) is 5.02 Å². The topological polar surface area (TPSA) is 43.0 Å². The van der Waals surface area contributed by atoms with E-state index in [1.807, 2.05) is 12.1 Å². The minimum Gasteiger partial charge on any atom is -0.493 e. The van der Waals surface area contributed by atoms with Crippen LogP contribution in [0.5, 0.6) is 11.5 Å². The Morgan fingerprint density at radius 3 is 2.70 bits per heavy atom. The van der Waals surface area contributed by atoms with Gasteiger partial charge >= 0.3 is 0 Å². The third kappa shape index (κ3) is 5.59. The lowest BCUT2D eigenvalue weighted by Gasteiger charge is -2.33. The second-order valence-electron chi connectivity index (χ2n) is 6.66. The Bertz CT molecular complexity index is 727. The van der Waals surface area contributed by atoms with Crippen LogP contribution in [0.4, 0.5) is 0 Å². The van der Waals surface area contributed by atoms with Crippen molar-refractivity contribution in [3.8, 4) is 11.5 Å². The SMILES string of the molecule is COc1cc(CNC[C@H]2CN(Cc3ccccc3)CCO2)cc(Cl)c1OC. The molecule has 1 aliphatic rings. The Morgan fingerprint density at radius 1 is 1.15 bits per heavy atom. The Kier molecular flexibility index (Phi) is 7.35. The normalized spacial score (nSPS) is 17.7. The van der Waals surface area contributed by atoms with Crippen molar-refractivity contribution in [1.82, 2.24) is 10.2 Å². The molecule has 1 saturated heterocycles. The summed E-state index contributed by atoms with van der Waals surface area (Å²) in [5.74, 6) is 1.21. The second kappa shape index (κ2) is 9.95. The fourth-order valence-corrected chi connectivity index (χ4v) is 3.65. The highest BCUT2D eigenvalue weighted by atomic mass is 35.5. The zero-order valence-electron chi connectivity index (χ0n) is 15.9. The van der Waals surface area contributed by atoms with E-state index in [0.29, 0.717) is 23.1 Å². The summed E-state index contributed by atoms with van der Waals surface area (Å²) in [5, 5.41) is 4.02. The van der Waals surface area contributed by atoms with E-state index in [2.05, 4.69) is 40.5 Å².